The molecule has 0 aromatic carbocycles. The van der Waals surface area contributed by atoms with Crippen molar-refractivity contribution in [1.82, 2.24) is 15.0 Å². The topological polar surface area (TPSA) is 57.1 Å². The van der Waals surface area contributed by atoms with Crippen LogP contribution in [0.15, 0.2) is 48.9 Å². The zero-order chi connectivity index (χ0) is 18.7. The lowest BCUT2D eigenvalue weighted by Gasteiger charge is -2.13. The molecule has 0 bridgehead atoms. The summed E-state index contributed by atoms with van der Waals surface area (Å²) in [5.41, 5.74) is 1.18. The van der Waals surface area contributed by atoms with Gasteiger partial charge < -0.3 is 9.47 Å². The molecule has 3 heterocycles. The number of ether oxygens (including phenoxy) is 2. The summed E-state index contributed by atoms with van der Waals surface area (Å²) in [6.07, 6.45) is -0.312. The molecular formula is C18H14F3N3O2. The summed E-state index contributed by atoms with van der Waals surface area (Å²) in [6.45, 7) is 1.88. The highest BCUT2D eigenvalue weighted by Crippen LogP contribution is 2.36. The molecule has 0 aliphatic heterocycles. The quantitative estimate of drug-likeness (QED) is 0.676. The minimum Gasteiger partial charge on any atom is -0.481 e. The molecule has 0 aliphatic rings. The van der Waals surface area contributed by atoms with Crippen LogP contribution in [-0.4, -0.2) is 22.1 Å². The number of aromatic nitrogens is 3. The molecule has 0 amide bonds. The van der Waals surface area contributed by atoms with Crippen LogP contribution in [0.25, 0.3) is 11.1 Å². The summed E-state index contributed by atoms with van der Waals surface area (Å²) >= 11 is 0. The zero-order valence-electron chi connectivity index (χ0n) is 13.9. The van der Waals surface area contributed by atoms with E-state index in [1.54, 1.807) is 18.3 Å². The highest BCUT2D eigenvalue weighted by atomic mass is 19.4. The SMILES string of the molecule is COc1ncc(C)cc1-c1cccnc1Oc1ccc(C(F)(F)F)nc1. The second-order valence-corrected chi connectivity index (χ2v) is 5.40. The van der Waals surface area contributed by atoms with Crippen LogP contribution in [0.2, 0.25) is 0 Å². The van der Waals surface area contributed by atoms with Crippen molar-refractivity contribution in [3.05, 3.63) is 60.2 Å². The summed E-state index contributed by atoms with van der Waals surface area (Å²) < 4.78 is 48.8. The monoisotopic (exact) mass is 361 g/mol. The number of methoxy groups -OCH3 is 1. The first kappa shape index (κ1) is 17.7. The van der Waals surface area contributed by atoms with Gasteiger partial charge in [0.05, 0.1) is 13.3 Å². The predicted octanol–water partition coefficient (Wildman–Crippen LogP) is 4.67. The van der Waals surface area contributed by atoms with Crippen LogP contribution >= 0.6 is 0 Å². The first-order chi connectivity index (χ1) is 12.4. The van der Waals surface area contributed by atoms with E-state index in [9.17, 15) is 13.2 Å². The van der Waals surface area contributed by atoms with E-state index >= 15 is 0 Å². The molecule has 0 atom stereocenters. The highest BCUT2D eigenvalue weighted by molar-refractivity contribution is 5.73. The van der Waals surface area contributed by atoms with Crippen molar-refractivity contribution in [1.29, 1.82) is 0 Å². The van der Waals surface area contributed by atoms with Gasteiger partial charge in [0.1, 0.15) is 11.4 Å². The van der Waals surface area contributed by atoms with Crippen LogP contribution in [0.3, 0.4) is 0 Å². The van der Waals surface area contributed by atoms with Gasteiger partial charge in [0, 0.05) is 23.5 Å². The van der Waals surface area contributed by atoms with Crippen molar-refractivity contribution in [2.24, 2.45) is 0 Å². The number of hydrogen-bond acceptors (Lipinski definition) is 5. The third-order valence-electron chi connectivity index (χ3n) is 3.48. The number of alkyl halides is 3. The third-order valence-corrected chi connectivity index (χ3v) is 3.48. The molecule has 0 unspecified atom stereocenters. The summed E-state index contributed by atoms with van der Waals surface area (Å²) in [5.74, 6) is 0.733. The number of aryl methyl sites for hydroxylation is 1. The number of pyridine rings is 3. The number of halogens is 3. The molecule has 3 rings (SSSR count). The van der Waals surface area contributed by atoms with Gasteiger partial charge in [0.25, 0.3) is 0 Å². The number of rotatable bonds is 4. The Morgan fingerprint density at radius 2 is 1.73 bits per heavy atom. The first-order valence-electron chi connectivity index (χ1n) is 7.55. The van der Waals surface area contributed by atoms with Gasteiger partial charge in [-0.05, 0) is 42.8 Å². The van der Waals surface area contributed by atoms with Crippen LogP contribution < -0.4 is 9.47 Å². The van der Waals surface area contributed by atoms with Gasteiger partial charge in [-0.15, -0.1) is 0 Å². The lowest BCUT2D eigenvalue weighted by molar-refractivity contribution is -0.141. The summed E-state index contributed by atoms with van der Waals surface area (Å²) in [4.78, 5) is 11.8. The minimum absolute atomic E-state index is 0.137. The van der Waals surface area contributed by atoms with Gasteiger partial charge in [0.2, 0.25) is 11.8 Å². The van der Waals surface area contributed by atoms with E-state index in [4.69, 9.17) is 9.47 Å². The molecule has 134 valence electrons. The summed E-state index contributed by atoms with van der Waals surface area (Å²) in [5, 5.41) is 0. The minimum atomic E-state index is -4.50. The van der Waals surface area contributed by atoms with Crippen molar-refractivity contribution in [2.45, 2.75) is 13.1 Å². The lowest BCUT2D eigenvalue weighted by atomic mass is 10.1. The van der Waals surface area contributed by atoms with Crippen molar-refractivity contribution in [3.8, 4) is 28.6 Å². The molecule has 3 aromatic rings. The van der Waals surface area contributed by atoms with Crippen molar-refractivity contribution >= 4 is 0 Å². The molecule has 0 radical (unpaired) electrons. The first-order valence-corrected chi connectivity index (χ1v) is 7.55. The summed E-state index contributed by atoms with van der Waals surface area (Å²) in [6, 6.07) is 7.39. The van der Waals surface area contributed by atoms with Gasteiger partial charge in [-0.2, -0.15) is 13.2 Å². The van der Waals surface area contributed by atoms with E-state index < -0.39 is 11.9 Å². The van der Waals surface area contributed by atoms with Crippen LogP contribution in [0.5, 0.6) is 17.5 Å². The maximum atomic E-state index is 12.6. The fourth-order valence-corrected chi connectivity index (χ4v) is 2.31. The Kier molecular flexibility index (Phi) is 4.75. The molecule has 0 N–H and O–H groups in total. The van der Waals surface area contributed by atoms with E-state index in [0.29, 0.717) is 17.0 Å². The molecule has 0 spiro atoms. The van der Waals surface area contributed by atoms with E-state index in [1.807, 2.05) is 13.0 Å². The Balaban J connectivity index is 1.97. The maximum Gasteiger partial charge on any atom is 0.433 e. The average molecular weight is 361 g/mol. The van der Waals surface area contributed by atoms with Crippen LogP contribution in [-0.2, 0) is 6.18 Å². The van der Waals surface area contributed by atoms with Crippen molar-refractivity contribution in [2.75, 3.05) is 7.11 Å². The van der Waals surface area contributed by atoms with E-state index in [1.165, 1.54) is 19.4 Å². The Bertz CT molecular complexity index is 912. The lowest BCUT2D eigenvalue weighted by Crippen LogP contribution is -2.07. The molecular weight excluding hydrogens is 347 g/mol. The largest absolute Gasteiger partial charge is 0.481 e. The van der Waals surface area contributed by atoms with E-state index in [-0.39, 0.29) is 11.6 Å². The molecule has 26 heavy (non-hydrogen) atoms. The zero-order valence-corrected chi connectivity index (χ0v) is 13.9. The highest BCUT2D eigenvalue weighted by Gasteiger charge is 2.32. The standard InChI is InChI=1S/C18H14F3N3O2/c1-11-8-14(16(25-2)24-9-11)13-4-3-7-22-17(13)26-12-5-6-15(23-10-12)18(19,20)21/h3-10H,1-2H3. The normalized spacial score (nSPS) is 11.3. The van der Waals surface area contributed by atoms with Gasteiger partial charge in [0.15, 0.2) is 0 Å². The van der Waals surface area contributed by atoms with Crippen LogP contribution in [0.4, 0.5) is 13.2 Å². The Morgan fingerprint density at radius 1 is 0.923 bits per heavy atom. The third kappa shape index (κ3) is 3.74. The smallest absolute Gasteiger partial charge is 0.433 e. The molecule has 3 aromatic heterocycles. The Hall–Kier alpha value is -3.16. The molecule has 0 saturated carbocycles. The van der Waals surface area contributed by atoms with E-state index in [2.05, 4.69) is 15.0 Å². The molecule has 8 heteroatoms. The van der Waals surface area contributed by atoms with Gasteiger partial charge in [-0.25, -0.2) is 15.0 Å². The maximum absolute atomic E-state index is 12.6. The predicted molar refractivity (Wildman–Crippen MR) is 88.1 cm³/mol. The van der Waals surface area contributed by atoms with Crippen LogP contribution in [0.1, 0.15) is 11.3 Å². The number of hydrogen-bond donors (Lipinski definition) is 0. The van der Waals surface area contributed by atoms with Gasteiger partial charge >= 0.3 is 6.18 Å². The van der Waals surface area contributed by atoms with Gasteiger partial charge in [-0.1, -0.05) is 0 Å². The average Bonchev–Trinajstić information content (AvgIpc) is 2.62. The molecule has 0 aliphatic carbocycles. The fourth-order valence-electron chi connectivity index (χ4n) is 2.31. The summed E-state index contributed by atoms with van der Waals surface area (Å²) in [7, 11) is 1.50. The Labute approximate surface area is 147 Å². The molecule has 0 fully saturated rings. The molecule has 0 saturated heterocycles. The van der Waals surface area contributed by atoms with Crippen LogP contribution in [0, 0.1) is 6.92 Å². The van der Waals surface area contributed by atoms with Crippen molar-refractivity contribution in [3.63, 3.8) is 0 Å². The van der Waals surface area contributed by atoms with E-state index in [0.717, 1.165) is 17.8 Å². The number of nitrogens with zero attached hydrogens (tertiary/aromatic N) is 3. The molecule has 5 nitrogen and oxygen atoms in total. The Morgan fingerprint density at radius 3 is 2.38 bits per heavy atom. The second kappa shape index (κ2) is 6.99. The van der Waals surface area contributed by atoms with Crippen molar-refractivity contribution < 1.29 is 22.6 Å². The fraction of sp³-hybridized carbons (Fsp3) is 0.167. The van der Waals surface area contributed by atoms with Gasteiger partial charge in [-0.3, -0.25) is 0 Å². The second-order valence-electron chi connectivity index (χ2n) is 5.40.